The molecule has 5 nitrogen and oxygen atoms in total. The standard InChI is InChI=1S/C18H36O2.C7H12O2.O.Ti/c1-17(2)15-13-11-9-7-5-3-4-6-8-10-12-14-16-18(19)20;1-5(2)4-6(3)7(8)9;;/h17H,3-16H2,1-2H3,(H,19,20);5H,3-4H2,1-2H3,(H,8,9);;. The Hall–Kier alpha value is -0.806. The Balaban J connectivity index is -0.000000595. The van der Waals surface area contributed by atoms with Crippen LogP contribution in [0.15, 0.2) is 12.2 Å². The summed E-state index contributed by atoms with van der Waals surface area (Å²) >= 11 is 0.750. The molecule has 0 saturated carbocycles. The Morgan fingerprint density at radius 3 is 1.29 bits per heavy atom. The van der Waals surface area contributed by atoms with Crippen molar-refractivity contribution < 1.29 is 43.5 Å². The summed E-state index contributed by atoms with van der Waals surface area (Å²) in [6.07, 6.45) is 17.9. The Kier molecular flexibility index (Phi) is 30.6. The molecule has 0 aromatic heterocycles. The Bertz CT molecular complexity index is 436. The normalized spacial score (nSPS) is 10.1. The summed E-state index contributed by atoms with van der Waals surface area (Å²) in [6.45, 7) is 11.9. The summed E-state index contributed by atoms with van der Waals surface area (Å²) in [7, 11) is 0. The van der Waals surface area contributed by atoms with E-state index < -0.39 is 11.9 Å². The first kappa shape index (κ1) is 34.8. The molecular formula is C25H48O5Ti. The number of hydrogen-bond donors (Lipinski definition) is 2. The van der Waals surface area contributed by atoms with Gasteiger partial charge in [0.2, 0.25) is 0 Å². The molecule has 0 aromatic rings. The van der Waals surface area contributed by atoms with Gasteiger partial charge in [-0.05, 0) is 24.7 Å². The molecule has 0 amide bonds. The number of carboxylic acids is 2. The number of carbonyl (C=O) groups is 2. The fourth-order valence-corrected chi connectivity index (χ4v) is 3.18. The molecule has 6 heteroatoms. The van der Waals surface area contributed by atoms with E-state index in [9.17, 15) is 9.59 Å². The van der Waals surface area contributed by atoms with Crippen molar-refractivity contribution in [3.63, 3.8) is 0 Å². The second-order valence-corrected chi connectivity index (χ2v) is 9.08. The van der Waals surface area contributed by atoms with E-state index in [0.717, 1.165) is 39.2 Å². The van der Waals surface area contributed by atoms with Crippen LogP contribution < -0.4 is 0 Å². The Labute approximate surface area is 203 Å². The topological polar surface area (TPSA) is 91.7 Å². The zero-order chi connectivity index (χ0) is 24.5. The molecule has 0 aliphatic carbocycles. The van der Waals surface area contributed by atoms with Crippen LogP contribution in [0.5, 0.6) is 0 Å². The molecule has 2 N–H and O–H groups in total. The van der Waals surface area contributed by atoms with Crippen LogP contribution in [0.2, 0.25) is 0 Å². The van der Waals surface area contributed by atoms with E-state index in [1.165, 1.54) is 70.6 Å². The van der Waals surface area contributed by atoms with Crippen molar-refractivity contribution in [1.29, 1.82) is 0 Å². The average Bonchev–Trinajstić information content (AvgIpc) is 2.69. The van der Waals surface area contributed by atoms with E-state index in [2.05, 4.69) is 20.4 Å². The number of aliphatic carboxylic acids is 2. The van der Waals surface area contributed by atoms with E-state index in [4.69, 9.17) is 13.5 Å². The Morgan fingerprint density at radius 2 is 1.03 bits per heavy atom. The van der Waals surface area contributed by atoms with E-state index in [1.807, 2.05) is 13.8 Å². The van der Waals surface area contributed by atoms with E-state index in [0.29, 0.717) is 24.3 Å². The van der Waals surface area contributed by atoms with Gasteiger partial charge in [0.25, 0.3) is 0 Å². The van der Waals surface area contributed by atoms with Crippen molar-refractivity contribution >= 4 is 11.9 Å². The maximum absolute atomic E-state index is 10.3. The molecule has 0 atom stereocenters. The molecule has 0 spiro atoms. The van der Waals surface area contributed by atoms with Crippen molar-refractivity contribution in [1.82, 2.24) is 0 Å². The first-order valence-corrected chi connectivity index (χ1v) is 12.6. The molecule has 0 fully saturated rings. The Morgan fingerprint density at radius 1 is 0.677 bits per heavy atom. The minimum atomic E-state index is -0.885. The van der Waals surface area contributed by atoms with Crippen LogP contribution in [0.4, 0.5) is 0 Å². The molecule has 0 bridgehead atoms. The fourth-order valence-electron chi connectivity index (χ4n) is 3.18. The predicted octanol–water partition coefficient (Wildman–Crippen LogP) is 7.74. The van der Waals surface area contributed by atoms with E-state index in [1.54, 1.807) is 0 Å². The number of unbranched alkanes of at least 4 members (excludes halogenated alkanes) is 11. The van der Waals surface area contributed by atoms with Crippen LogP contribution in [-0.4, -0.2) is 22.2 Å². The average molecular weight is 477 g/mol. The molecule has 0 aliphatic heterocycles. The summed E-state index contributed by atoms with van der Waals surface area (Å²) in [5, 5.41) is 16.8. The number of carboxylic acid groups (broad SMARTS) is 2. The summed E-state index contributed by atoms with van der Waals surface area (Å²) < 4.78 is 8.25. The van der Waals surface area contributed by atoms with Crippen molar-refractivity contribution in [3.05, 3.63) is 12.2 Å². The van der Waals surface area contributed by atoms with Gasteiger partial charge >= 0.3 is 35.7 Å². The fraction of sp³-hybridized carbons (Fsp3) is 0.840. The third-order valence-electron chi connectivity index (χ3n) is 4.88. The first-order valence-electron chi connectivity index (χ1n) is 12.0. The molecule has 0 aliphatic rings. The van der Waals surface area contributed by atoms with Crippen molar-refractivity contribution in [3.8, 4) is 0 Å². The van der Waals surface area contributed by atoms with Gasteiger partial charge in [0.05, 0.1) is 0 Å². The molecule has 0 heterocycles. The van der Waals surface area contributed by atoms with Crippen LogP contribution in [0, 0.1) is 11.8 Å². The summed E-state index contributed by atoms with van der Waals surface area (Å²) in [4.78, 5) is 20.5. The zero-order valence-electron chi connectivity index (χ0n) is 20.6. The second-order valence-electron chi connectivity index (χ2n) is 9.08. The van der Waals surface area contributed by atoms with Gasteiger partial charge < -0.3 is 10.2 Å². The van der Waals surface area contributed by atoms with Gasteiger partial charge in [-0.15, -0.1) is 0 Å². The van der Waals surface area contributed by atoms with Crippen molar-refractivity contribution in [2.45, 2.75) is 124 Å². The van der Waals surface area contributed by atoms with E-state index in [-0.39, 0.29) is 0 Å². The second kappa shape index (κ2) is 27.2. The van der Waals surface area contributed by atoms with Gasteiger partial charge in [-0.25, -0.2) is 4.79 Å². The van der Waals surface area contributed by atoms with Gasteiger partial charge in [-0.3, -0.25) is 4.79 Å². The number of rotatable bonds is 18. The quantitative estimate of drug-likeness (QED) is 0.120. The first-order chi connectivity index (χ1) is 14.7. The molecule has 0 rings (SSSR count). The van der Waals surface area contributed by atoms with Crippen molar-refractivity contribution in [2.24, 2.45) is 11.8 Å². The molecule has 31 heavy (non-hydrogen) atoms. The van der Waals surface area contributed by atoms with Crippen LogP contribution in [-0.2, 0) is 33.3 Å². The van der Waals surface area contributed by atoms with Gasteiger partial charge in [-0.2, -0.15) is 0 Å². The minimum absolute atomic E-state index is 0.296. The third-order valence-corrected chi connectivity index (χ3v) is 4.88. The summed E-state index contributed by atoms with van der Waals surface area (Å²) in [5.41, 5.74) is 0.296. The van der Waals surface area contributed by atoms with Crippen molar-refractivity contribution in [2.75, 3.05) is 0 Å². The predicted molar refractivity (Wildman–Crippen MR) is 124 cm³/mol. The SMILES string of the molecule is C=C(CC(C)C)C(=O)O.CC(C)CCCCCCCCCCCCCCC(=O)O.[O]=[Ti]. The van der Waals surface area contributed by atoms with Gasteiger partial charge in [0, 0.05) is 12.0 Å². The molecular weight excluding hydrogens is 428 g/mol. The van der Waals surface area contributed by atoms with E-state index >= 15 is 0 Å². The van der Waals surface area contributed by atoms with Gasteiger partial charge in [-0.1, -0.05) is 111 Å². The molecule has 182 valence electrons. The molecule has 0 radical (unpaired) electrons. The molecule has 0 unspecified atom stereocenters. The molecule has 0 saturated heterocycles. The summed E-state index contributed by atoms with van der Waals surface area (Å²) in [5.74, 6) is -0.291. The van der Waals surface area contributed by atoms with Crippen LogP contribution >= 0.6 is 0 Å². The molecule has 0 aromatic carbocycles. The zero-order valence-corrected chi connectivity index (χ0v) is 22.1. The van der Waals surface area contributed by atoms with Gasteiger partial charge in [0.1, 0.15) is 0 Å². The summed E-state index contributed by atoms with van der Waals surface area (Å²) in [6, 6.07) is 0. The van der Waals surface area contributed by atoms with Crippen LogP contribution in [0.1, 0.15) is 124 Å². The number of hydrogen-bond acceptors (Lipinski definition) is 3. The third kappa shape index (κ3) is 36.9. The van der Waals surface area contributed by atoms with Gasteiger partial charge in [0.15, 0.2) is 0 Å². The van der Waals surface area contributed by atoms with Crippen LogP contribution in [0.3, 0.4) is 0 Å². The monoisotopic (exact) mass is 476 g/mol. The van der Waals surface area contributed by atoms with Crippen LogP contribution in [0.25, 0.3) is 0 Å². The maximum atomic E-state index is 10.3.